The topological polar surface area (TPSA) is 64.4 Å². The molecule has 0 bridgehead atoms. The van der Waals surface area contributed by atoms with E-state index in [4.69, 9.17) is 22.7 Å². The van der Waals surface area contributed by atoms with E-state index in [0.717, 1.165) is 145 Å². The van der Waals surface area contributed by atoms with Gasteiger partial charge in [-0.25, -0.2) is 0 Å². The molecule has 0 amide bonds. The zero-order chi connectivity index (χ0) is 68.9. The second-order valence-electron chi connectivity index (χ2n) is 27.7. The predicted octanol–water partition coefficient (Wildman–Crippen LogP) is 26.6. The van der Waals surface area contributed by atoms with Gasteiger partial charge in [0.25, 0.3) is 0 Å². The number of ether oxygens (including phenoxy) is 2. The first-order valence-electron chi connectivity index (χ1n) is 35.8. The average Bonchev–Trinajstić information content (AvgIpc) is 1.54. The van der Waals surface area contributed by atoms with Crippen LogP contribution in [0, 0.1) is 0 Å². The van der Waals surface area contributed by atoms with Gasteiger partial charge >= 0.3 is 0 Å². The molecule has 19 aromatic rings. The quantitative estimate of drug-likeness (QED) is 0.158. The molecule has 0 unspecified atom stereocenters. The van der Waals surface area contributed by atoms with E-state index in [0.29, 0.717) is 0 Å². The van der Waals surface area contributed by atoms with Crippen LogP contribution in [0.5, 0.6) is 23.0 Å². The number of hydrogen-bond acceptors (Lipinski definition) is 7. The maximum atomic E-state index is 6.81. The maximum Gasteiger partial charge on any atom is 0.137 e. The minimum absolute atomic E-state index is 0.523. The third-order valence-corrected chi connectivity index (χ3v) is 22.2. The van der Waals surface area contributed by atoms with Crippen LogP contribution in [-0.4, -0.2) is 0 Å². The van der Waals surface area contributed by atoms with Gasteiger partial charge < -0.3 is 32.5 Å². The van der Waals surface area contributed by atoms with Crippen LogP contribution >= 0.6 is 0 Å². The van der Waals surface area contributed by atoms with E-state index < -0.39 is 10.8 Å². The summed E-state index contributed by atoms with van der Waals surface area (Å²) < 4.78 is 33.0. The first-order chi connectivity index (χ1) is 52.0. The largest absolute Gasteiger partial charge is 0.457 e. The minimum atomic E-state index is -0.533. The zero-order valence-electron chi connectivity index (χ0n) is 56.6. The molecule has 0 saturated carbocycles. The van der Waals surface area contributed by atoms with Crippen LogP contribution in [0.25, 0.3) is 99.2 Å². The summed E-state index contributed by atoms with van der Waals surface area (Å²) in [5, 5.41) is 6.59. The third-order valence-electron chi connectivity index (χ3n) is 22.2. The summed E-state index contributed by atoms with van der Waals surface area (Å²) in [6.45, 7) is 0. The lowest BCUT2D eigenvalue weighted by Gasteiger charge is -2.39. The van der Waals surface area contributed by atoms with E-state index >= 15 is 0 Å². The van der Waals surface area contributed by atoms with Crippen molar-refractivity contribution >= 4 is 99.9 Å². The van der Waals surface area contributed by atoms with Crippen molar-refractivity contribution in [2.75, 3.05) is 9.80 Å². The summed E-state index contributed by atoms with van der Waals surface area (Å²) in [6, 6.07) is 129. The van der Waals surface area contributed by atoms with Crippen molar-refractivity contribution in [1.29, 1.82) is 0 Å². The molecule has 23 rings (SSSR count). The Bertz CT molecular complexity index is 6660. The van der Waals surface area contributed by atoms with Gasteiger partial charge in [0.05, 0.1) is 10.8 Å². The van der Waals surface area contributed by atoms with Gasteiger partial charge in [-0.3, -0.25) is 0 Å². The van der Waals surface area contributed by atoms with Crippen molar-refractivity contribution in [2.24, 2.45) is 0 Å². The standard InChI is InChI=1S/C49H29NO3.C49H31NO2/c1-2-12-30(13-3-1)50(31-22-24-35-34-15-5-9-19-43(34)51-46(35)26-31)32-23-25-36-38-28-42-37(29-48(38)53-47(36)27-32)33-14-4-6-16-39(33)49(42)40-17-7-10-20-44(40)52-45-21-11-8-18-41(45)49;1-3-13-32(14-4-1)33-23-25-35(26-24-33)50(34-15-5-2-6-16-34)36-27-28-38-40-30-44-39(31-48(40)52-47(38)29-36)37-17-7-8-18-41(37)49(44)42-19-9-11-21-45(42)51-46-22-12-10-20-43(46)49/h1-29H;1-31H. The fourth-order valence-electron chi connectivity index (χ4n) is 17.8. The minimum Gasteiger partial charge on any atom is -0.457 e. The fraction of sp³-hybridized carbons (Fsp3) is 0.0204. The highest BCUT2D eigenvalue weighted by Gasteiger charge is 2.53. The number of furan rings is 3. The fourth-order valence-corrected chi connectivity index (χ4v) is 17.8. The number of fused-ring (bicyclic) bond motifs is 27. The van der Waals surface area contributed by atoms with Crippen molar-refractivity contribution in [2.45, 2.75) is 10.8 Å². The van der Waals surface area contributed by atoms with Crippen LogP contribution in [0.3, 0.4) is 0 Å². The third kappa shape index (κ3) is 8.67. The van der Waals surface area contributed by atoms with Gasteiger partial charge in [0.15, 0.2) is 0 Å². The van der Waals surface area contributed by atoms with Gasteiger partial charge in [-0.1, -0.05) is 218 Å². The molecule has 3 aromatic heterocycles. The maximum absolute atomic E-state index is 6.81. The van der Waals surface area contributed by atoms with Crippen LogP contribution in [0.2, 0.25) is 0 Å². The summed E-state index contributed by atoms with van der Waals surface area (Å²) in [5.74, 6) is 3.56. The Balaban J connectivity index is 0.000000132. The first kappa shape index (κ1) is 58.9. The van der Waals surface area contributed by atoms with Crippen molar-refractivity contribution < 1.29 is 22.7 Å². The summed E-state index contributed by atoms with van der Waals surface area (Å²) in [5.41, 5.74) is 27.2. The average molecular weight is 1350 g/mol. The summed E-state index contributed by atoms with van der Waals surface area (Å²) in [6.07, 6.45) is 0. The molecule has 0 saturated heterocycles. The summed E-state index contributed by atoms with van der Waals surface area (Å²) >= 11 is 0. The Kier molecular flexibility index (Phi) is 12.8. The van der Waals surface area contributed by atoms with E-state index in [1.165, 1.54) is 55.6 Å². The SMILES string of the molecule is c1ccc(-c2ccc(N(c3ccccc3)c3ccc4c(c3)oc3cc5c(cc34)C3(c4ccccc4Oc4ccccc43)c3ccccc3-5)cc2)cc1.c1ccc(N(c2ccc3c(c2)oc2ccccc23)c2ccc3c(c2)oc2cc4c(cc23)C2(c3ccccc3Oc3ccccc32)c2ccccc2-4)cc1. The Morgan fingerprint density at radius 3 is 0.933 bits per heavy atom. The molecule has 16 aromatic carbocycles. The molecular weight excluding hydrogens is 1290 g/mol. The Hall–Kier alpha value is -13.9. The van der Waals surface area contributed by atoms with Gasteiger partial charge in [0.2, 0.25) is 0 Å². The van der Waals surface area contributed by atoms with Crippen LogP contribution in [0.4, 0.5) is 34.1 Å². The predicted molar refractivity (Wildman–Crippen MR) is 424 cm³/mol. The molecule has 7 nitrogen and oxygen atoms in total. The number of rotatable bonds is 7. The molecule has 492 valence electrons. The molecule has 0 N–H and O–H groups in total. The lowest BCUT2D eigenvalue weighted by Crippen LogP contribution is -2.32. The second-order valence-corrected chi connectivity index (χ2v) is 27.7. The lowest BCUT2D eigenvalue weighted by molar-refractivity contribution is 0.436. The Labute approximate surface area is 604 Å². The molecule has 2 aliphatic carbocycles. The normalized spacial score (nSPS) is 13.4. The first-order valence-corrected chi connectivity index (χ1v) is 35.8. The molecule has 0 radical (unpaired) electrons. The molecule has 105 heavy (non-hydrogen) atoms. The molecule has 2 spiro atoms. The van der Waals surface area contributed by atoms with Crippen LogP contribution in [0.15, 0.2) is 377 Å². The van der Waals surface area contributed by atoms with Gasteiger partial charge in [-0.15, -0.1) is 0 Å². The molecule has 7 heteroatoms. The van der Waals surface area contributed by atoms with Gasteiger partial charge in [-0.2, -0.15) is 0 Å². The van der Waals surface area contributed by atoms with Crippen molar-refractivity contribution in [3.63, 3.8) is 0 Å². The number of nitrogens with zero attached hydrogens (tertiary/aromatic N) is 2. The number of anilines is 6. The molecule has 2 aliphatic heterocycles. The van der Waals surface area contributed by atoms with E-state index in [1.54, 1.807) is 0 Å². The van der Waals surface area contributed by atoms with Crippen molar-refractivity contribution in [3.8, 4) is 56.4 Å². The second kappa shape index (κ2) is 22.8. The zero-order valence-corrected chi connectivity index (χ0v) is 56.6. The van der Waals surface area contributed by atoms with Gasteiger partial charge in [0, 0.05) is 107 Å². The van der Waals surface area contributed by atoms with E-state index in [1.807, 2.05) is 18.2 Å². The lowest BCUT2D eigenvalue weighted by atomic mass is 9.66. The van der Waals surface area contributed by atoms with E-state index in [2.05, 4.69) is 356 Å². The van der Waals surface area contributed by atoms with Crippen molar-refractivity contribution in [3.05, 3.63) is 408 Å². The van der Waals surface area contributed by atoms with E-state index in [9.17, 15) is 0 Å². The summed E-state index contributed by atoms with van der Waals surface area (Å²) in [4.78, 5) is 4.56. The van der Waals surface area contributed by atoms with Crippen molar-refractivity contribution in [1.82, 2.24) is 0 Å². The van der Waals surface area contributed by atoms with Crippen LogP contribution in [0.1, 0.15) is 44.5 Å². The highest BCUT2D eigenvalue weighted by molar-refractivity contribution is 6.12. The molecule has 0 fully saturated rings. The monoisotopic (exact) mass is 1340 g/mol. The van der Waals surface area contributed by atoms with Crippen LogP contribution < -0.4 is 19.3 Å². The molecule has 5 heterocycles. The Morgan fingerprint density at radius 2 is 0.486 bits per heavy atom. The highest BCUT2D eigenvalue weighted by atomic mass is 16.5. The molecular formula is C98H60N2O5. The van der Waals surface area contributed by atoms with Gasteiger partial charge in [0.1, 0.15) is 56.5 Å². The number of para-hydroxylation sites is 7. The smallest absolute Gasteiger partial charge is 0.137 e. The van der Waals surface area contributed by atoms with E-state index in [-0.39, 0.29) is 0 Å². The molecule has 4 aliphatic rings. The van der Waals surface area contributed by atoms with Gasteiger partial charge in [-0.05, 0) is 183 Å². The number of benzene rings is 16. The van der Waals surface area contributed by atoms with Crippen LogP contribution in [-0.2, 0) is 10.8 Å². The molecule has 0 atom stereocenters. The number of hydrogen-bond donors (Lipinski definition) is 0. The summed E-state index contributed by atoms with van der Waals surface area (Å²) in [7, 11) is 0. The highest BCUT2D eigenvalue weighted by Crippen LogP contribution is 2.65. The Morgan fingerprint density at radius 1 is 0.181 bits per heavy atom.